The van der Waals surface area contributed by atoms with Crippen molar-refractivity contribution >= 4 is 50.6 Å². The van der Waals surface area contributed by atoms with Gasteiger partial charge in [0.25, 0.3) is 5.88 Å². The molecule has 0 spiro atoms. The van der Waals surface area contributed by atoms with Crippen molar-refractivity contribution in [3.63, 3.8) is 0 Å². The molecule has 406 valence electrons. The maximum absolute atomic E-state index is 17.1. The lowest BCUT2D eigenvalue weighted by molar-refractivity contribution is -0.141. The van der Waals surface area contributed by atoms with E-state index in [1.165, 1.54) is 35.4 Å². The van der Waals surface area contributed by atoms with Crippen LogP contribution in [0.15, 0.2) is 70.8 Å². The number of aromatic hydroxyl groups is 1. The average molecular weight is 1080 g/mol. The molecule has 20 heteroatoms. The zero-order valence-electron chi connectivity index (χ0n) is 43.9. The van der Waals surface area contributed by atoms with Crippen LogP contribution in [0.25, 0.3) is 43.4 Å². The number of anilines is 1. The molecular weight excluding hydrogens is 1020 g/mol. The van der Waals surface area contributed by atoms with Crippen LogP contribution in [0.3, 0.4) is 0 Å². The number of halogens is 2. The van der Waals surface area contributed by atoms with Crippen molar-refractivity contribution < 1.29 is 42.6 Å². The lowest BCUT2D eigenvalue weighted by Crippen LogP contribution is -2.51. The molecule has 78 heavy (non-hydrogen) atoms. The topological polar surface area (TPSA) is 204 Å². The van der Waals surface area contributed by atoms with E-state index in [0.29, 0.717) is 48.6 Å². The number of aliphatic hydroxyl groups excluding tert-OH is 1. The minimum absolute atomic E-state index is 0.0147. The Morgan fingerprint density at radius 1 is 0.987 bits per heavy atom. The van der Waals surface area contributed by atoms with E-state index in [2.05, 4.69) is 46.5 Å². The van der Waals surface area contributed by atoms with E-state index in [1.54, 1.807) is 17.4 Å². The first-order valence-electron chi connectivity index (χ1n) is 26.7. The monoisotopic (exact) mass is 1080 g/mol. The van der Waals surface area contributed by atoms with Crippen LogP contribution >= 0.6 is 11.3 Å². The normalized spacial score (nSPS) is 20.6. The minimum Gasteiger partial charge on any atom is -0.508 e. The average Bonchev–Trinajstić information content (AvgIpc) is 4.37. The molecule has 0 aliphatic carbocycles. The number of rotatable bonds is 16. The SMILES string of the molecule is C#Cc1c(F)ccc2cc(O)cc(-c3ncc4c(N5CC6CCC(C5)N6)nc(OCCN5CCC(COc6cc([C@H](C(=O)N7C[C@H](O)C[C@H]7C(=O)N[C@@H](C)c7ccc(-c8scnc8C)cc7)C(C)C)on6)CC5)nc4c3F)c12. The van der Waals surface area contributed by atoms with E-state index in [4.69, 9.17) is 25.4 Å². The number of aromatic nitrogens is 5. The van der Waals surface area contributed by atoms with Gasteiger partial charge in [0, 0.05) is 67.9 Å². The van der Waals surface area contributed by atoms with Gasteiger partial charge in [-0.1, -0.05) is 50.1 Å². The first-order chi connectivity index (χ1) is 37.7. The van der Waals surface area contributed by atoms with E-state index >= 15 is 8.78 Å². The number of ether oxygens (including phenoxy) is 2. The number of fused-ring (bicyclic) bond motifs is 4. The number of carbonyl (C=O) groups is 2. The summed E-state index contributed by atoms with van der Waals surface area (Å²) in [6.45, 7) is 11.8. The summed E-state index contributed by atoms with van der Waals surface area (Å²) in [5.74, 6) is 0.493. The van der Waals surface area contributed by atoms with E-state index < -0.39 is 29.7 Å². The standard InChI is InChI=1S/C58H62F2N10O7S/c1-6-42-45(59)14-11-37-21-40(71)22-43(50(37)42)52-51(60)53-44(25-61-52)55(69-26-38-12-13-39(27-69)64-38)66-58(65-53)75-20-19-68-17-15-34(16-18-68)29-76-48-24-47(77-67-48)49(31(2)3)57(74)70-28-41(72)23-46(70)56(73)63-32(4)35-7-9-36(10-8-35)54-33(5)62-30-78-54/h1,7-11,14,21-22,24-25,30-32,34,38-39,41,46,49,64,71-72H,12-13,15-20,23,26-29H2,2-5H3,(H,63,73)/t32-,38?,39?,41+,46-,49+/m0/s1. The Labute approximate surface area is 454 Å². The quantitative estimate of drug-likeness (QED) is 0.0679. The summed E-state index contributed by atoms with van der Waals surface area (Å²) >= 11 is 1.58. The van der Waals surface area contributed by atoms with Crippen LogP contribution in [0.2, 0.25) is 0 Å². The van der Waals surface area contributed by atoms with Crippen LogP contribution in [-0.4, -0.2) is 134 Å². The van der Waals surface area contributed by atoms with Gasteiger partial charge in [-0.25, -0.2) is 13.8 Å². The molecule has 4 N–H and O–H groups in total. The molecular formula is C58H62F2N10O7S. The number of nitrogens with zero attached hydrogens (tertiary/aromatic N) is 8. The first kappa shape index (κ1) is 52.7. The predicted molar refractivity (Wildman–Crippen MR) is 291 cm³/mol. The number of carbonyl (C=O) groups excluding carboxylic acids is 2. The predicted octanol–water partition coefficient (Wildman–Crippen LogP) is 7.92. The van der Waals surface area contributed by atoms with Crippen molar-refractivity contribution in [3.05, 3.63) is 101 Å². The molecule has 6 atom stereocenters. The van der Waals surface area contributed by atoms with Crippen LogP contribution < -0.4 is 25.0 Å². The third-order valence-corrected chi connectivity index (χ3v) is 16.8. The number of hydrogen-bond donors (Lipinski definition) is 4. The number of likely N-dealkylation sites (tertiary alicyclic amines) is 2. The Balaban J connectivity index is 0.705. The fourth-order valence-corrected chi connectivity index (χ4v) is 12.5. The number of nitrogens with one attached hydrogen (secondary N) is 2. The van der Waals surface area contributed by atoms with Crippen molar-refractivity contribution in [2.45, 2.75) is 96.0 Å². The number of benzene rings is 3. The maximum atomic E-state index is 17.1. The number of thiazole rings is 1. The van der Waals surface area contributed by atoms with Crippen molar-refractivity contribution in [2.75, 3.05) is 57.4 Å². The summed E-state index contributed by atoms with van der Waals surface area (Å²) in [7, 11) is 0. The van der Waals surface area contributed by atoms with Crippen LogP contribution in [0.5, 0.6) is 17.6 Å². The molecule has 7 aromatic rings. The Kier molecular flexibility index (Phi) is 15.0. The molecule has 4 fully saturated rings. The molecule has 2 bridgehead atoms. The number of amides is 2. The third-order valence-electron chi connectivity index (χ3n) is 15.8. The summed E-state index contributed by atoms with van der Waals surface area (Å²) in [6.07, 6.45) is 10.3. The van der Waals surface area contributed by atoms with Crippen LogP contribution in [0, 0.1) is 42.7 Å². The number of aryl methyl sites for hydroxylation is 1. The fraction of sp³-hybridized carbons (Fsp3) is 0.431. The number of phenols is 1. The van der Waals surface area contributed by atoms with Gasteiger partial charge in [-0.2, -0.15) is 9.97 Å². The van der Waals surface area contributed by atoms with Crippen molar-refractivity contribution in [1.82, 2.24) is 45.5 Å². The highest BCUT2D eigenvalue weighted by molar-refractivity contribution is 7.13. The minimum atomic E-state index is -0.863. The van der Waals surface area contributed by atoms with Gasteiger partial charge >= 0.3 is 6.01 Å². The van der Waals surface area contributed by atoms with Gasteiger partial charge in [-0.3, -0.25) is 19.5 Å². The molecule has 4 aromatic heterocycles. The Morgan fingerprint density at radius 2 is 1.76 bits per heavy atom. The number of pyridine rings is 1. The molecule has 0 saturated carbocycles. The Bertz CT molecular complexity index is 3400. The highest BCUT2D eigenvalue weighted by Gasteiger charge is 2.44. The zero-order chi connectivity index (χ0) is 54.4. The fourth-order valence-electron chi connectivity index (χ4n) is 11.7. The van der Waals surface area contributed by atoms with Crippen LogP contribution in [-0.2, 0) is 9.59 Å². The first-order valence-corrected chi connectivity index (χ1v) is 27.6. The van der Waals surface area contributed by atoms with Gasteiger partial charge in [0.1, 0.15) is 47.2 Å². The number of piperazine rings is 1. The number of aliphatic hydroxyl groups is 1. The van der Waals surface area contributed by atoms with Crippen molar-refractivity contribution in [2.24, 2.45) is 11.8 Å². The number of hydrogen-bond acceptors (Lipinski definition) is 16. The molecule has 4 aliphatic rings. The van der Waals surface area contributed by atoms with Gasteiger partial charge in [0.15, 0.2) is 11.6 Å². The third kappa shape index (κ3) is 10.7. The van der Waals surface area contributed by atoms with E-state index in [1.807, 2.05) is 57.5 Å². The second-order valence-electron chi connectivity index (χ2n) is 21.5. The lowest BCUT2D eigenvalue weighted by Gasteiger charge is -2.34. The van der Waals surface area contributed by atoms with Gasteiger partial charge < -0.3 is 44.6 Å². The van der Waals surface area contributed by atoms with Crippen LogP contribution in [0.1, 0.15) is 87.4 Å². The molecule has 11 rings (SSSR count). The molecule has 2 amide bonds. The smallest absolute Gasteiger partial charge is 0.319 e. The molecule has 3 aromatic carbocycles. The largest absolute Gasteiger partial charge is 0.508 e. The molecule has 8 heterocycles. The van der Waals surface area contributed by atoms with Crippen LogP contribution in [0.4, 0.5) is 14.6 Å². The number of β-amino-alcohol motifs (C(OH)–C–C–N with tert-alkyl or cyclic N) is 1. The Hall–Kier alpha value is -7.31. The summed E-state index contributed by atoms with van der Waals surface area (Å²) in [5, 5.41) is 33.4. The molecule has 17 nitrogen and oxygen atoms in total. The van der Waals surface area contributed by atoms with Gasteiger partial charge in [0.2, 0.25) is 11.8 Å². The summed E-state index contributed by atoms with van der Waals surface area (Å²) in [5.41, 5.74) is 4.66. The Morgan fingerprint density at radius 3 is 2.47 bits per heavy atom. The lowest BCUT2D eigenvalue weighted by atomic mass is 9.91. The van der Waals surface area contributed by atoms with Gasteiger partial charge in [-0.05, 0) is 104 Å². The van der Waals surface area contributed by atoms with Gasteiger partial charge in [-0.15, -0.1) is 17.8 Å². The zero-order valence-corrected chi connectivity index (χ0v) is 44.7. The van der Waals surface area contributed by atoms with Gasteiger partial charge in [0.05, 0.1) is 45.8 Å². The van der Waals surface area contributed by atoms with E-state index in [9.17, 15) is 19.8 Å². The van der Waals surface area contributed by atoms with E-state index in [0.717, 1.165) is 60.5 Å². The second-order valence-corrected chi connectivity index (χ2v) is 22.3. The number of terminal acetylenes is 1. The number of phenolic OH excluding ortho intramolecular Hbond substituents is 1. The molecule has 4 aliphatic heterocycles. The molecule has 4 saturated heterocycles. The summed E-state index contributed by atoms with van der Waals surface area (Å²) < 4.78 is 50.2. The molecule has 2 unspecified atom stereocenters. The highest BCUT2D eigenvalue weighted by Crippen LogP contribution is 2.40. The van der Waals surface area contributed by atoms with Crippen molar-refractivity contribution in [3.8, 4) is 51.7 Å². The number of piperidine rings is 1. The van der Waals surface area contributed by atoms with Crippen molar-refractivity contribution in [1.29, 1.82) is 0 Å². The second kappa shape index (κ2) is 22.2. The summed E-state index contributed by atoms with van der Waals surface area (Å²) in [6, 6.07) is 14.4. The maximum Gasteiger partial charge on any atom is 0.319 e. The molecule has 0 radical (unpaired) electrons. The highest BCUT2D eigenvalue weighted by atomic mass is 32.1. The summed E-state index contributed by atoms with van der Waals surface area (Å²) in [4.78, 5) is 53.4. The van der Waals surface area contributed by atoms with E-state index in [-0.39, 0.29) is 107 Å².